The molecule has 2 fully saturated rings. The Morgan fingerprint density at radius 2 is 2.19 bits per heavy atom. The topological polar surface area (TPSA) is 74.2 Å². The Bertz CT molecular complexity index is 392. The van der Waals surface area contributed by atoms with E-state index in [4.69, 9.17) is 15.0 Å². The maximum absolute atomic E-state index is 5.74. The molecule has 1 unspecified atom stereocenters. The van der Waals surface area contributed by atoms with Crippen LogP contribution in [0.5, 0.6) is 0 Å². The fraction of sp³-hybridized carbons (Fsp3) is 0.818. The van der Waals surface area contributed by atoms with E-state index in [9.17, 15) is 0 Å². The van der Waals surface area contributed by atoms with Gasteiger partial charge in [0, 0.05) is 13.2 Å². The second-order valence-electron chi connectivity index (χ2n) is 5.09. The number of rotatable bonds is 3. The lowest BCUT2D eigenvalue weighted by Gasteiger charge is -2.17. The van der Waals surface area contributed by atoms with Crippen molar-refractivity contribution < 1.29 is 9.26 Å². The van der Waals surface area contributed by atoms with E-state index in [1.54, 1.807) is 0 Å². The van der Waals surface area contributed by atoms with Crippen LogP contribution in [-0.2, 0) is 15.8 Å². The summed E-state index contributed by atoms with van der Waals surface area (Å²) in [4.78, 5) is 4.49. The molecule has 0 bridgehead atoms. The third kappa shape index (κ3) is 1.38. The molecule has 16 heavy (non-hydrogen) atoms. The number of ether oxygens (including phenoxy) is 1. The lowest BCUT2D eigenvalue weighted by atomic mass is 10.0. The molecule has 1 atom stereocenters. The van der Waals surface area contributed by atoms with Gasteiger partial charge in [0.1, 0.15) is 5.60 Å². The largest absolute Gasteiger partial charge is 0.367 e. The van der Waals surface area contributed by atoms with Gasteiger partial charge in [-0.15, -0.1) is 0 Å². The van der Waals surface area contributed by atoms with Gasteiger partial charge in [0.15, 0.2) is 0 Å². The van der Waals surface area contributed by atoms with Gasteiger partial charge in [-0.3, -0.25) is 0 Å². The number of aromatic nitrogens is 2. The molecule has 88 valence electrons. The number of nitrogens with zero attached hydrogens (tertiary/aromatic N) is 2. The Morgan fingerprint density at radius 3 is 2.75 bits per heavy atom. The zero-order valence-corrected chi connectivity index (χ0v) is 9.53. The van der Waals surface area contributed by atoms with E-state index in [2.05, 4.69) is 10.1 Å². The second kappa shape index (κ2) is 3.28. The highest BCUT2D eigenvalue weighted by atomic mass is 16.5. The van der Waals surface area contributed by atoms with Crippen LogP contribution < -0.4 is 5.73 Å². The van der Waals surface area contributed by atoms with Crippen molar-refractivity contribution in [3.8, 4) is 0 Å². The molecule has 3 rings (SSSR count). The summed E-state index contributed by atoms with van der Waals surface area (Å²) < 4.78 is 11.0. The van der Waals surface area contributed by atoms with E-state index in [0.29, 0.717) is 18.3 Å². The first-order valence-electron chi connectivity index (χ1n) is 5.87. The Kier molecular flexibility index (Phi) is 2.09. The van der Waals surface area contributed by atoms with Crippen molar-refractivity contribution in [3.05, 3.63) is 11.7 Å². The molecule has 2 N–H and O–H groups in total. The molecule has 0 spiro atoms. The summed E-state index contributed by atoms with van der Waals surface area (Å²) in [5, 5.41) is 4.06. The first kappa shape index (κ1) is 10.2. The highest BCUT2D eigenvalue weighted by Gasteiger charge is 2.49. The van der Waals surface area contributed by atoms with Gasteiger partial charge in [-0.25, -0.2) is 0 Å². The Labute approximate surface area is 94.3 Å². The average Bonchev–Trinajstić information content (AvgIpc) is 2.75. The molecule has 0 aromatic carbocycles. The molecule has 0 amide bonds. The molecule has 2 aliphatic rings. The van der Waals surface area contributed by atoms with Gasteiger partial charge in [0.05, 0.1) is 5.41 Å². The molecular weight excluding hydrogens is 206 g/mol. The molecular formula is C11H17N3O2. The lowest BCUT2D eigenvalue weighted by Crippen LogP contribution is -2.23. The van der Waals surface area contributed by atoms with Crippen molar-refractivity contribution in [1.29, 1.82) is 0 Å². The van der Waals surface area contributed by atoms with Crippen LogP contribution in [0.15, 0.2) is 4.52 Å². The van der Waals surface area contributed by atoms with Crippen LogP contribution in [0.4, 0.5) is 0 Å². The van der Waals surface area contributed by atoms with Crippen LogP contribution in [0.25, 0.3) is 0 Å². The minimum Gasteiger partial charge on any atom is -0.367 e. The Balaban J connectivity index is 1.88. The first-order valence-corrected chi connectivity index (χ1v) is 5.87. The fourth-order valence-electron chi connectivity index (χ4n) is 2.27. The number of hydrogen-bond donors (Lipinski definition) is 1. The molecule has 1 aromatic heterocycles. The number of hydrogen-bond acceptors (Lipinski definition) is 5. The highest BCUT2D eigenvalue weighted by molar-refractivity contribution is 5.17. The third-order valence-corrected chi connectivity index (χ3v) is 3.82. The summed E-state index contributed by atoms with van der Waals surface area (Å²) in [6.45, 7) is 3.39. The molecule has 1 saturated carbocycles. The standard InChI is InChI=1S/C11H17N3O2/c1-10(3-2-6-15-10)8-13-9(16-14-8)11(7-12)4-5-11/h2-7,12H2,1H3. The molecule has 2 heterocycles. The highest BCUT2D eigenvalue weighted by Crippen LogP contribution is 2.47. The van der Waals surface area contributed by atoms with Crippen molar-refractivity contribution in [1.82, 2.24) is 10.1 Å². The van der Waals surface area contributed by atoms with Crippen LogP contribution in [-0.4, -0.2) is 23.3 Å². The summed E-state index contributed by atoms with van der Waals surface area (Å²) in [6, 6.07) is 0. The number of nitrogens with two attached hydrogens (primary N) is 1. The van der Waals surface area contributed by atoms with Crippen LogP contribution in [0.1, 0.15) is 44.3 Å². The minimum absolute atomic E-state index is 0.0276. The third-order valence-electron chi connectivity index (χ3n) is 3.82. The van der Waals surface area contributed by atoms with Crippen LogP contribution in [0.2, 0.25) is 0 Å². The van der Waals surface area contributed by atoms with E-state index in [1.807, 2.05) is 6.92 Å². The zero-order valence-electron chi connectivity index (χ0n) is 9.53. The van der Waals surface area contributed by atoms with Crippen molar-refractivity contribution in [2.24, 2.45) is 5.73 Å². The van der Waals surface area contributed by atoms with Crippen molar-refractivity contribution in [2.45, 2.75) is 43.6 Å². The molecule has 1 saturated heterocycles. The maximum atomic E-state index is 5.74. The van der Waals surface area contributed by atoms with E-state index < -0.39 is 0 Å². The summed E-state index contributed by atoms with van der Waals surface area (Å²) in [5.41, 5.74) is 5.36. The van der Waals surface area contributed by atoms with Crippen LogP contribution in [0, 0.1) is 0 Å². The second-order valence-corrected chi connectivity index (χ2v) is 5.09. The predicted molar refractivity (Wildman–Crippen MR) is 56.8 cm³/mol. The van der Waals surface area contributed by atoms with Crippen molar-refractivity contribution in [3.63, 3.8) is 0 Å². The summed E-state index contributed by atoms with van der Waals surface area (Å²) >= 11 is 0. The maximum Gasteiger partial charge on any atom is 0.234 e. The van der Waals surface area contributed by atoms with E-state index in [1.165, 1.54) is 0 Å². The van der Waals surface area contributed by atoms with Gasteiger partial charge in [-0.2, -0.15) is 4.98 Å². The Hall–Kier alpha value is -0.940. The zero-order chi connectivity index (χ0) is 11.2. The smallest absolute Gasteiger partial charge is 0.234 e. The molecule has 1 aromatic rings. The lowest BCUT2D eigenvalue weighted by molar-refractivity contribution is 0.00768. The summed E-state index contributed by atoms with van der Waals surface area (Å²) in [6.07, 6.45) is 4.13. The minimum atomic E-state index is -0.355. The van der Waals surface area contributed by atoms with Gasteiger partial charge < -0.3 is 15.0 Å². The van der Waals surface area contributed by atoms with Gasteiger partial charge in [0.25, 0.3) is 0 Å². The molecule has 0 radical (unpaired) electrons. The van der Waals surface area contributed by atoms with Gasteiger partial charge >= 0.3 is 0 Å². The van der Waals surface area contributed by atoms with E-state index in [-0.39, 0.29) is 11.0 Å². The van der Waals surface area contributed by atoms with Gasteiger partial charge in [0.2, 0.25) is 11.7 Å². The van der Waals surface area contributed by atoms with Gasteiger partial charge in [-0.05, 0) is 32.6 Å². The Morgan fingerprint density at radius 1 is 1.38 bits per heavy atom. The van der Waals surface area contributed by atoms with Crippen LogP contribution >= 0.6 is 0 Å². The van der Waals surface area contributed by atoms with Gasteiger partial charge in [-0.1, -0.05) is 5.16 Å². The van der Waals surface area contributed by atoms with Crippen LogP contribution in [0.3, 0.4) is 0 Å². The van der Waals surface area contributed by atoms with E-state index in [0.717, 1.165) is 32.3 Å². The summed E-state index contributed by atoms with van der Waals surface area (Å²) in [7, 11) is 0. The van der Waals surface area contributed by atoms with Crippen molar-refractivity contribution >= 4 is 0 Å². The average molecular weight is 223 g/mol. The SMILES string of the molecule is CC1(c2noc(C3(CN)CC3)n2)CCCO1. The molecule has 1 aliphatic heterocycles. The molecule has 5 nitrogen and oxygen atoms in total. The molecule has 1 aliphatic carbocycles. The quantitative estimate of drug-likeness (QED) is 0.830. The molecule has 5 heteroatoms. The normalized spacial score (nSPS) is 31.9. The van der Waals surface area contributed by atoms with E-state index >= 15 is 0 Å². The summed E-state index contributed by atoms with van der Waals surface area (Å²) in [5.74, 6) is 1.38. The fourth-order valence-corrected chi connectivity index (χ4v) is 2.27. The van der Waals surface area contributed by atoms with Crippen molar-refractivity contribution in [2.75, 3.05) is 13.2 Å². The first-order chi connectivity index (χ1) is 7.69. The monoisotopic (exact) mass is 223 g/mol. The predicted octanol–water partition coefficient (Wildman–Crippen LogP) is 1.09.